The number of rotatable bonds is 6. The van der Waals surface area contributed by atoms with Crippen LogP contribution in [-0.4, -0.2) is 19.9 Å². The van der Waals surface area contributed by atoms with Crippen LogP contribution in [-0.2, 0) is 16.6 Å². The van der Waals surface area contributed by atoms with E-state index >= 15 is 0 Å². The van der Waals surface area contributed by atoms with E-state index in [2.05, 4.69) is 15.0 Å². The lowest BCUT2D eigenvalue weighted by Crippen LogP contribution is -2.17. The van der Waals surface area contributed by atoms with Gasteiger partial charge in [-0.05, 0) is 37.0 Å². The Kier molecular flexibility index (Phi) is 4.74. The first-order valence-electron chi connectivity index (χ1n) is 6.25. The highest BCUT2D eigenvalue weighted by Gasteiger charge is 2.19. The molecule has 2 aromatic heterocycles. The first kappa shape index (κ1) is 15.0. The SMILES string of the molecule is CCNCc1sccc1S(=O)(=O)Nc1ccnc(C)c1. The van der Waals surface area contributed by atoms with Crippen molar-refractivity contribution in [3.05, 3.63) is 40.3 Å². The highest BCUT2D eigenvalue weighted by atomic mass is 32.2. The molecule has 2 aromatic rings. The van der Waals surface area contributed by atoms with Gasteiger partial charge < -0.3 is 5.32 Å². The van der Waals surface area contributed by atoms with E-state index < -0.39 is 10.0 Å². The molecule has 0 radical (unpaired) electrons. The summed E-state index contributed by atoms with van der Waals surface area (Å²) in [6, 6.07) is 4.97. The fraction of sp³-hybridized carbons (Fsp3) is 0.308. The Hall–Kier alpha value is -1.44. The van der Waals surface area contributed by atoms with Crippen molar-refractivity contribution < 1.29 is 8.42 Å². The van der Waals surface area contributed by atoms with Crippen LogP contribution in [0, 0.1) is 6.92 Å². The maximum Gasteiger partial charge on any atom is 0.263 e. The number of nitrogens with zero attached hydrogens (tertiary/aromatic N) is 1. The summed E-state index contributed by atoms with van der Waals surface area (Å²) in [5.41, 5.74) is 1.29. The molecular formula is C13H17N3O2S2. The third-order valence-electron chi connectivity index (χ3n) is 2.68. The summed E-state index contributed by atoms with van der Waals surface area (Å²) in [7, 11) is -3.56. The van der Waals surface area contributed by atoms with Gasteiger partial charge in [0.1, 0.15) is 4.90 Å². The zero-order valence-electron chi connectivity index (χ0n) is 11.4. The zero-order valence-corrected chi connectivity index (χ0v) is 13.0. The molecule has 20 heavy (non-hydrogen) atoms. The van der Waals surface area contributed by atoms with Gasteiger partial charge in [0.15, 0.2) is 0 Å². The van der Waals surface area contributed by atoms with E-state index in [9.17, 15) is 8.42 Å². The molecule has 0 aliphatic rings. The quantitative estimate of drug-likeness (QED) is 0.859. The fourth-order valence-electron chi connectivity index (χ4n) is 1.75. The Labute approximate surface area is 123 Å². The van der Waals surface area contributed by atoms with Gasteiger partial charge in [-0.25, -0.2) is 8.42 Å². The highest BCUT2D eigenvalue weighted by Crippen LogP contribution is 2.24. The van der Waals surface area contributed by atoms with E-state index in [1.165, 1.54) is 11.3 Å². The van der Waals surface area contributed by atoms with E-state index in [0.717, 1.165) is 17.1 Å². The Bertz CT molecular complexity index is 680. The van der Waals surface area contributed by atoms with E-state index in [0.29, 0.717) is 17.1 Å². The Morgan fingerprint density at radius 2 is 2.15 bits per heavy atom. The predicted octanol–water partition coefficient (Wildman–Crippen LogP) is 2.36. The number of pyridine rings is 1. The van der Waals surface area contributed by atoms with Gasteiger partial charge in [0, 0.05) is 23.3 Å². The minimum atomic E-state index is -3.56. The smallest absolute Gasteiger partial charge is 0.263 e. The second-order valence-electron chi connectivity index (χ2n) is 4.28. The van der Waals surface area contributed by atoms with Crippen LogP contribution in [0.15, 0.2) is 34.7 Å². The van der Waals surface area contributed by atoms with Crippen molar-refractivity contribution in [2.75, 3.05) is 11.3 Å². The Morgan fingerprint density at radius 1 is 1.35 bits per heavy atom. The van der Waals surface area contributed by atoms with Crippen molar-refractivity contribution in [1.29, 1.82) is 0 Å². The van der Waals surface area contributed by atoms with Crippen LogP contribution in [0.3, 0.4) is 0 Å². The van der Waals surface area contributed by atoms with Gasteiger partial charge in [0.05, 0.1) is 5.69 Å². The number of hydrogen-bond donors (Lipinski definition) is 2. The summed E-state index contributed by atoms with van der Waals surface area (Å²) in [6.07, 6.45) is 1.58. The highest BCUT2D eigenvalue weighted by molar-refractivity contribution is 7.93. The van der Waals surface area contributed by atoms with E-state index in [1.54, 1.807) is 29.8 Å². The van der Waals surface area contributed by atoms with Gasteiger partial charge in [-0.15, -0.1) is 11.3 Å². The lowest BCUT2D eigenvalue weighted by molar-refractivity contribution is 0.599. The van der Waals surface area contributed by atoms with Crippen molar-refractivity contribution in [2.45, 2.75) is 25.3 Å². The molecule has 0 aliphatic carbocycles. The van der Waals surface area contributed by atoms with Crippen LogP contribution in [0.4, 0.5) is 5.69 Å². The molecule has 0 spiro atoms. The molecular weight excluding hydrogens is 294 g/mol. The maximum absolute atomic E-state index is 12.4. The van der Waals surface area contributed by atoms with Crippen LogP contribution in [0.1, 0.15) is 17.5 Å². The third-order valence-corrected chi connectivity index (χ3v) is 5.19. The number of hydrogen-bond acceptors (Lipinski definition) is 5. The number of sulfonamides is 1. The third kappa shape index (κ3) is 3.56. The van der Waals surface area contributed by atoms with Crippen LogP contribution in [0.5, 0.6) is 0 Å². The van der Waals surface area contributed by atoms with Crippen molar-refractivity contribution in [3.63, 3.8) is 0 Å². The minimum Gasteiger partial charge on any atom is -0.312 e. The van der Waals surface area contributed by atoms with Gasteiger partial charge >= 0.3 is 0 Å². The summed E-state index contributed by atoms with van der Waals surface area (Å²) in [5, 5.41) is 4.94. The van der Waals surface area contributed by atoms with Gasteiger partial charge in [0.25, 0.3) is 10.0 Å². The molecule has 108 valence electrons. The van der Waals surface area contributed by atoms with Crippen molar-refractivity contribution in [3.8, 4) is 0 Å². The predicted molar refractivity (Wildman–Crippen MR) is 81.5 cm³/mol. The molecule has 2 heterocycles. The minimum absolute atomic E-state index is 0.331. The summed E-state index contributed by atoms with van der Waals surface area (Å²) in [5.74, 6) is 0. The van der Waals surface area contributed by atoms with Gasteiger partial charge in [-0.3, -0.25) is 9.71 Å². The normalized spacial score (nSPS) is 11.5. The molecule has 0 aromatic carbocycles. The van der Waals surface area contributed by atoms with E-state index in [1.807, 2.05) is 13.8 Å². The van der Waals surface area contributed by atoms with Crippen molar-refractivity contribution >= 4 is 27.0 Å². The molecule has 2 rings (SSSR count). The maximum atomic E-state index is 12.4. The molecule has 2 N–H and O–H groups in total. The number of thiophene rings is 1. The zero-order chi connectivity index (χ0) is 14.6. The number of anilines is 1. The van der Waals surface area contributed by atoms with Crippen LogP contribution in [0.2, 0.25) is 0 Å². The Morgan fingerprint density at radius 3 is 2.85 bits per heavy atom. The largest absolute Gasteiger partial charge is 0.312 e. The first-order valence-corrected chi connectivity index (χ1v) is 8.62. The topological polar surface area (TPSA) is 71.1 Å². The second-order valence-corrected chi connectivity index (χ2v) is 6.93. The van der Waals surface area contributed by atoms with Crippen LogP contribution >= 0.6 is 11.3 Å². The second kappa shape index (κ2) is 6.34. The molecule has 0 amide bonds. The summed E-state index contributed by atoms with van der Waals surface area (Å²) in [6.45, 7) is 5.16. The van der Waals surface area contributed by atoms with Crippen molar-refractivity contribution in [2.24, 2.45) is 0 Å². The van der Waals surface area contributed by atoms with E-state index in [-0.39, 0.29) is 0 Å². The molecule has 0 saturated heterocycles. The van der Waals surface area contributed by atoms with Gasteiger partial charge in [-0.1, -0.05) is 6.92 Å². The van der Waals surface area contributed by atoms with Crippen LogP contribution in [0.25, 0.3) is 0 Å². The monoisotopic (exact) mass is 311 g/mol. The molecule has 0 aliphatic heterocycles. The van der Waals surface area contributed by atoms with Gasteiger partial charge in [-0.2, -0.15) is 0 Å². The first-order chi connectivity index (χ1) is 9.53. The number of nitrogens with one attached hydrogen (secondary N) is 2. The average Bonchev–Trinajstić information content (AvgIpc) is 2.85. The lowest BCUT2D eigenvalue weighted by Gasteiger charge is -2.09. The fourth-order valence-corrected chi connectivity index (χ4v) is 4.22. The van der Waals surface area contributed by atoms with Gasteiger partial charge in [0.2, 0.25) is 0 Å². The number of aromatic nitrogens is 1. The molecule has 0 saturated carbocycles. The molecule has 5 nitrogen and oxygen atoms in total. The number of aryl methyl sites for hydroxylation is 1. The average molecular weight is 311 g/mol. The molecule has 7 heteroatoms. The van der Waals surface area contributed by atoms with E-state index in [4.69, 9.17) is 0 Å². The lowest BCUT2D eigenvalue weighted by atomic mass is 10.3. The van der Waals surface area contributed by atoms with Crippen molar-refractivity contribution in [1.82, 2.24) is 10.3 Å². The molecule has 0 atom stereocenters. The van der Waals surface area contributed by atoms with Crippen LogP contribution < -0.4 is 10.0 Å². The summed E-state index contributed by atoms with van der Waals surface area (Å²) >= 11 is 1.44. The standard InChI is InChI=1S/C13H17N3O2S2/c1-3-14-9-12-13(5-7-19-12)20(17,18)16-11-4-6-15-10(2)8-11/h4-8,14H,3,9H2,1-2H3,(H,15,16). The Balaban J connectivity index is 2.24. The molecule has 0 bridgehead atoms. The molecule has 0 unspecified atom stereocenters. The summed E-state index contributed by atoms with van der Waals surface area (Å²) < 4.78 is 27.4. The molecule has 0 fully saturated rings. The summed E-state index contributed by atoms with van der Waals surface area (Å²) in [4.78, 5) is 5.19.